The molecule has 0 fully saturated rings. The number of nitrogens with zero attached hydrogens (tertiary/aromatic N) is 5. The average molecular weight is 744 g/mol. The third kappa shape index (κ3) is 6.01. The Balaban J connectivity index is 0.981. The number of para-hydroxylation sites is 1. The van der Waals surface area contributed by atoms with Crippen LogP contribution in [0.3, 0.4) is 0 Å². The lowest BCUT2D eigenvalue weighted by Crippen LogP contribution is -2.00. The monoisotopic (exact) mass is 743 g/mol. The third-order valence-corrected chi connectivity index (χ3v) is 10.7. The highest BCUT2D eigenvalue weighted by Gasteiger charge is 2.17. The Morgan fingerprint density at radius 1 is 0.328 bits per heavy atom. The molecule has 0 atom stereocenters. The number of hydrogen-bond donors (Lipinski definition) is 0. The van der Waals surface area contributed by atoms with Gasteiger partial charge in [0.15, 0.2) is 23.1 Å². The second kappa shape index (κ2) is 14.0. The van der Waals surface area contributed by atoms with E-state index < -0.39 is 0 Å². The van der Waals surface area contributed by atoms with Crippen molar-refractivity contribution in [2.45, 2.75) is 0 Å². The molecule has 3 heterocycles. The third-order valence-electron chi connectivity index (χ3n) is 10.7. The maximum absolute atomic E-state index is 6.39. The van der Waals surface area contributed by atoms with E-state index in [0.717, 1.165) is 50.1 Å². The summed E-state index contributed by atoms with van der Waals surface area (Å²) in [4.78, 5) is 19.7. The van der Waals surface area contributed by atoms with Gasteiger partial charge in [-0.1, -0.05) is 133 Å². The summed E-state index contributed by atoms with van der Waals surface area (Å²) in [6, 6.07) is 69.0. The van der Waals surface area contributed by atoms with Crippen LogP contribution < -0.4 is 0 Å². The summed E-state index contributed by atoms with van der Waals surface area (Å²) in [7, 11) is 0. The van der Waals surface area contributed by atoms with Gasteiger partial charge in [0.2, 0.25) is 5.89 Å². The molecule has 11 rings (SSSR count). The molecule has 0 aliphatic carbocycles. The van der Waals surface area contributed by atoms with Gasteiger partial charge in [-0.2, -0.15) is 0 Å². The Labute approximate surface area is 334 Å². The van der Waals surface area contributed by atoms with E-state index >= 15 is 0 Å². The molecule has 3 aromatic heterocycles. The van der Waals surface area contributed by atoms with Gasteiger partial charge in [0.25, 0.3) is 0 Å². The summed E-state index contributed by atoms with van der Waals surface area (Å²) in [5.41, 5.74) is 13.0. The molecule has 0 aliphatic rings. The van der Waals surface area contributed by atoms with Crippen LogP contribution in [0.1, 0.15) is 0 Å². The molecule has 0 saturated heterocycles. The van der Waals surface area contributed by atoms with Gasteiger partial charge >= 0.3 is 0 Å². The molecule has 6 nitrogen and oxygen atoms in total. The molecule has 6 heteroatoms. The molecule has 0 unspecified atom stereocenters. The Bertz CT molecular complexity index is 3210. The lowest BCUT2D eigenvalue weighted by molar-refractivity contribution is 0.620. The highest BCUT2D eigenvalue weighted by atomic mass is 16.3. The number of hydrogen-bond acceptors (Lipinski definition) is 5. The van der Waals surface area contributed by atoms with E-state index in [1.807, 2.05) is 84.9 Å². The van der Waals surface area contributed by atoms with E-state index in [-0.39, 0.29) is 0 Å². The lowest BCUT2D eigenvalue weighted by atomic mass is 9.99. The summed E-state index contributed by atoms with van der Waals surface area (Å²) < 4.78 is 8.75. The molecule has 0 bridgehead atoms. The molecular weight excluding hydrogens is 711 g/mol. The van der Waals surface area contributed by atoms with E-state index in [0.29, 0.717) is 28.9 Å². The number of benzene rings is 8. The highest BCUT2D eigenvalue weighted by Crippen LogP contribution is 2.38. The minimum atomic E-state index is 0.550. The quantitative estimate of drug-likeness (QED) is 0.163. The molecule has 0 aliphatic heterocycles. The SMILES string of the molecule is c1ccc(-c2ccc3c(c2)c2cc(-c4cccc(-c5nc6cc(-c7nc(-c8ccccc8)nc(-c8ccccc8)n7)ccc6o5)c4)ccc2n3-c2ccccc2)cc1. The van der Waals surface area contributed by atoms with Crippen molar-refractivity contribution in [1.82, 2.24) is 24.5 Å². The van der Waals surface area contributed by atoms with Crippen molar-refractivity contribution in [2.24, 2.45) is 0 Å². The van der Waals surface area contributed by atoms with Crippen molar-refractivity contribution in [3.63, 3.8) is 0 Å². The van der Waals surface area contributed by atoms with Gasteiger partial charge in [-0.15, -0.1) is 0 Å². The van der Waals surface area contributed by atoms with E-state index in [1.54, 1.807) is 0 Å². The molecule has 272 valence electrons. The standard InChI is InChI=1S/C52H33N5O/c1-5-14-34(15-6-1)38-24-27-46-43(31-38)44-32-39(25-28-47(44)57(46)42-22-11-4-12-23-42)37-20-13-21-41(30-37)52-53-45-33-40(26-29-48(45)58-52)51-55-49(35-16-7-2-8-17-35)54-50(56-51)36-18-9-3-10-19-36/h1-33H. The van der Waals surface area contributed by atoms with Crippen molar-refractivity contribution in [3.8, 4) is 73.6 Å². The van der Waals surface area contributed by atoms with Gasteiger partial charge in [-0.25, -0.2) is 19.9 Å². The fraction of sp³-hybridized carbons (Fsp3) is 0. The minimum Gasteiger partial charge on any atom is -0.436 e. The van der Waals surface area contributed by atoms with Crippen LogP contribution in [0, 0.1) is 0 Å². The molecule has 0 saturated carbocycles. The van der Waals surface area contributed by atoms with Crippen molar-refractivity contribution in [2.75, 3.05) is 0 Å². The number of rotatable bonds is 7. The van der Waals surface area contributed by atoms with Crippen molar-refractivity contribution in [1.29, 1.82) is 0 Å². The van der Waals surface area contributed by atoms with E-state index in [9.17, 15) is 0 Å². The van der Waals surface area contributed by atoms with Crippen molar-refractivity contribution < 1.29 is 4.42 Å². The van der Waals surface area contributed by atoms with Crippen LogP contribution in [-0.2, 0) is 0 Å². The topological polar surface area (TPSA) is 69.6 Å². The smallest absolute Gasteiger partial charge is 0.227 e. The van der Waals surface area contributed by atoms with Crippen LogP contribution in [-0.4, -0.2) is 24.5 Å². The molecule has 0 spiro atoms. The van der Waals surface area contributed by atoms with Crippen molar-refractivity contribution in [3.05, 3.63) is 200 Å². The molecule has 0 amide bonds. The predicted octanol–water partition coefficient (Wildman–Crippen LogP) is 13.1. The van der Waals surface area contributed by atoms with Crippen LogP contribution >= 0.6 is 0 Å². The van der Waals surface area contributed by atoms with Crippen LogP contribution in [0.25, 0.3) is 106 Å². The van der Waals surface area contributed by atoms with Crippen molar-refractivity contribution >= 4 is 32.9 Å². The Hall–Kier alpha value is -7.96. The minimum absolute atomic E-state index is 0.550. The van der Waals surface area contributed by atoms with Crippen LogP contribution in [0.5, 0.6) is 0 Å². The Morgan fingerprint density at radius 3 is 1.40 bits per heavy atom. The molecule has 8 aromatic carbocycles. The summed E-state index contributed by atoms with van der Waals surface area (Å²) in [5.74, 6) is 2.35. The molecule has 0 radical (unpaired) electrons. The molecule has 0 N–H and O–H groups in total. The second-order valence-corrected chi connectivity index (χ2v) is 14.3. The fourth-order valence-electron chi connectivity index (χ4n) is 7.83. The van der Waals surface area contributed by atoms with Crippen LogP contribution in [0.4, 0.5) is 0 Å². The van der Waals surface area contributed by atoms with Gasteiger partial charge in [-0.05, 0) is 89.0 Å². The summed E-state index contributed by atoms with van der Waals surface area (Å²) in [5, 5.41) is 2.40. The fourth-order valence-corrected chi connectivity index (χ4v) is 7.83. The normalized spacial score (nSPS) is 11.4. The Kier molecular flexibility index (Phi) is 8.04. The summed E-state index contributed by atoms with van der Waals surface area (Å²) in [6.07, 6.45) is 0. The summed E-state index contributed by atoms with van der Waals surface area (Å²) in [6.45, 7) is 0. The first-order valence-electron chi connectivity index (χ1n) is 19.3. The van der Waals surface area contributed by atoms with Gasteiger partial charge < -0.3 is 8.98 Å². The average Bonchev–Trinajstić information content (AvgIpc) is 3.89. The van der Waals surface area contributed by atoms with E-state index in [1.165, 1.54) is 27.4 Å². The van der Waals surface area contributed by atoms with E-state index in [4.69, 9.17) is 24.4 Å². The van der Waals surface area contributed by atoms with Crippen LogP contribution in [0.15, 0.2) is 205 Å². The van der Waals surface area contributed by atoms with Gasteiger partial charge in [0, 0.05) is 38.7 Å². The van der Waals surface area contributed by atoms with E-state index in [2.05, 4.69) is 120 Å². The predicted molar refractivity (Wildman–Crippen MR) is 234 cm³/mol. The lowest BCUT2D eigenvalue weighted by Gasteiger charge is -2.08. The van der Waals surface area contributed by atoms with Crippen LogP contribution in [0.2, 0.25) is 0 Å². The largest absolute Gasteiger partial charge is 0.436 e. The zero-order valence-electron chi connectivity index (χ0n) is 31.2. The second-order valence-electron chi connectivity index (χ2n) is 14.3. The molecule has 58 heavy (non-hydrogen) atoms. The number of aromatic nitrogens is 5. The zero-order valence-corrected chi connectivity index (χ0v) is 31.2. The first kappa shape index (κ1) is 33.4. The van der Waals surface area contributed by atoms with Gasteiger partial charge in [0.05, 0.1) is 11.0 Å². The maximum atomic E-state index is 6.39. The summed E-state index contributed by atoms with van der Waals surface area (Å²) >= 11 is 0. The first-order valence-corrected chi connectivity index (χ1v) is 19.3. The Morgan fingerprint density at radius 2 is 0.793 bits per heavy atom. The zero-order chi connectivity index (χ0) is 38.4. The molecule has 11 aromatic rings. The first-order chi connectivity index (χ1) is 28.7. The van der Waals surface area contributed by atoms with Gasteiger partial charge in [-0.3, -0.25) is 0 Å². The number of oxazole rings is 1. The van der Waals surface area contributed by atoms with Gasteiger partial charge in [0.1, 0.15) is 5.52 Å². The maximum Gasteiger partial charge on any atom is 0.227 e. The molecular formula is C52H33N5O. The number of fused-ring (bicyclic) bond motifs is 4. The highest BCUT2D eigenvalue weighted by molar-refractivity contribution is 6.11.